The maximum Gasteiger partial charge on any atom is 0.276 e. The quantitative estimate of drug-likeness (QED) is 0.701. The summed E-state index contributed by atoms with van der Waals surface area (Å²) in [6, 6.07) is 19.5. The first-order valence-electron chi connectivity index (χ1n) is 8.68. The molecule has 0 radical (unpaired) electrons. The molecule has 3 rings (SSSR count). The molecule has 132 valence electrons. The van der Waals surface area contributed by atoms with Crippen molar-refractivity contribution in [3.63, 3.8) is 0 Å². The van der Waals surface area contributed by atoms with Crippen LogP contribution in [-0.4, -0.2) is 16.1 Å². The second-order valence-corrected chi connectivity index (χ2v) is 6.06. The summed E-state index contributed by atoms with van der Waals surface area (Å²) in [6.45, 7) is 4.71. The third kappa shape index (κ3) is 4.25. The van der Waals surface area contributed by atoms with Crippen molar-refractivity contribution in [3.05, 3.63) is 83.0 Å². The highest BCUT2D eigenvalue weighted by Crippen LogP contribution is 2.21. The van der Waals surface area contributed by atoms with E-state index >= 15 is 0 Å². The second-order valence-electron chi connectivity index (χ2n) is 6.06. The molecule has 0 saturated carbocycles. The Morgan fingerprint density at radius 1 is 0.962 bits per heavy atom. The van der Waals surface area contributed by atoms with Crippen molar-refractivity contribution in [1.29, 1.82) is 0 Å². The number of carbonyl (C=O) groups is 1. The van der Waals surface area contributed by atoms with Gasteiger partial charge in [0, 0.05) is 12.2 Å². The number of hydrogen-bond acceptors (Lipinski definition) is 4. The van der Waals surface area contributed by atoms with Crippen LogP contribution in [0.5, 0.6) is 0 Å². The fourth-order valence-corrected chi connectivity index (χ4v) is 2.72. The molecule has 1 aromatic heterocycles. The second kappa shape index (κ2) is 8.25. The van der Waals surface area contributed by atoms with E-state index in [0.29, 0.717) is 18.1 Å². The maximum absolute atomic E-state index is 12.5. The van der Waals surface area contributed by atoms with Gasteiger partial charge in [-0.25, -0.2) is 0 Å². The number of nitrogens with zero attached hydrogens (tertiary/aromatic N) is 2. The first-order chi connectivity index (χ1) is 12.7. The maximum atomic E-state index is 12.5. The summed E-state index contributed by atoms with van der Waals surface area (Å²) in [4.78, 5) is 12.5. The Bertz CT molecular complexity index is 876. The van der Waals surface area contributed by atoms with Crippen LogP contribution in [0.3, 0.4) is 0 Å². The molecule has 0 atom stereocenters. The van der Waals surface area contributed by atoms with Gasteiger partial charge in [0.05, 0.1) is 0 Å². The lowest BCUT2D eigenvalue weighted by molar-refractivity contribution is 0.102. The van der Waals surface area contributed by atoms with E-state index in [9.17, 15) is 4.79 Å². The van der Waals surface area contributed by atoms with Crippen molar-refractivity contribution in [2.75, 3.05) is 10.6 Å². The van der Waals surface area contributed by atoms with E-state index in [4.69, 9.17) is 0 Å². The standard InChI is InChI=1S/C21H22N4O/c1-3-17-11-7-8-15(2)20(17)23-21(26)18-12-13-19(25-24-18)22-14-16-9-5-4-6-10-16/h4-13H,3,14H2,1-2H3,(H,22,25)(H,23,26). The number of nitrogens with one attached hydrogen (secondary N) is 2. The Morgan fingerprint density at radius 2 is 1.77 bits per heavy atom. The highest BCUT2D eigenvalue weighted by Gasteiger charge is 2.12. The normalized spacial score (nSPS) is 10.4. The number of carbonyl (C=O) groups excluding carboxylic acids is 1. The van der Waals surface area contributed by atoms with Crippen molar-refractivity contribution >= 4 is 17.4 Å². The summed E-state index contributed by atoms with van der Waals surface area (Å²) < 4.78 is 0. The van der Waals surface area contributed by atoms with Crippen molar-refractivity contribution in [2.45, 2.75) is 26.8 Å². The summed E-state index contributed by atoms with van der Waals surface area (Å²) >= 11 is 0. The SMILES string of the molecule is CCc1cccc(C)c1NC(=O)c1ccc(NCc2ccccc2)nn1. The molecule has 0 aliphatic rings. The Hall–Kier alpha value is -3.21. The van der Waals surface area contributed by atoms with Crippen LogP contribution in [0.1, 0.15) is 34.1 Å². The smallest absolute Gasteiger partial charge is 0.276 e. The Balaban J connectivity index is 1.66. The minimum Gasteiger partial charge on any atom is -0.365 e. The number of para-hydroxylation sites is 1. The highest BCUT2D eigenvalue weighted by atomic mass is 16.1. The van der Waals surface area contributed by atoms with Crippen LogP contribution in [0, 0.1) is 6.92 Å². The van der Waals surface area contributed by atoms with Gasteiger partial charge in [0.1, 0.15) is 5.82 Å². The number of rotatable bonds is 6. The third-order valence-electron chi connectivity index (χ3n) is 4.19. The molecule has 0 unspecified atom stereocenters. The molecular weight excluding hydrogens is 324 g/mol. The van der Waals surface area contributed by atoms with E-state index in [2.05, 4.69) is 27.8 Å². The monoisotopic (exact) mass is 346 g/mol. The van der Waals surface area contributed by atoms with Gasteiger partial charge in [-0.3, -0.25) is 4.79 Å². The van der Waals surface area contributed by atoms with Crippen molar-refractivity contribution in [3.8, 4) is 0 Å². The average Bonchev–Trinajstić information content (AvgIpc) is 2.69. The lowest BCUT2D eigenvalue weighted by Crippen LogP contribution is -2.16. The number of aryl methyl sites for hydroxylation is 2. The van der Waals surface area contributed by atoms with Crippen LogP contribution >= 0.6 is 0 Å². The van der Waals surface area contributed by atoms with Crippen LogP contribution in [0.25, 0.3) is 0 Å². The van der Waals surface area contributed by atoms with E-state index in [0.717, 1.165) is 28.8 Å². The fourth-order valence-electron chi connectivity index (χ4n) is 2.72. The molecule has 1 heterocycles. The van der Waals surface area contributed by atoms with E-state index in [-0.39, 0.29) is 5.91 Å². The average molecular weight is 346 g/mol. The molecule has 0 spiro atoms. The van der Waals surface area contributed by atoms with Gasteiger partial charge in [-0.05, 0) is 42.2 Å². The predicted octanol–water partition coefficient (Wildman–Crippen LogP) is 4.21. The zero-order chi connectivity index (χ0) is 18.4. The molecule has 0 saturated heterocycles. The van der Waals surface area contributed by atoms with Gasteiger partial charge in [0.25, 0.3) is 5.91 Å². The first kappa shape index (κ1) is 17.6. The van der Waals surface area contributed by atoms with Gasteiger partial charge in [0.2, 0.25) is 0 Å². The molecular formula is C21H22N4O. The Labute approximate surface area is 153 Å². The molecule has 0 bridgehead atoms. The summed E-state index contributed by atoms with van der Waals surface area (Å²) in [6.07, 6.45) is 0.852. The number of anilines is 2. The first-order valence-corrected chi connectivity index (χ1v) is 8.68. The van der Waals surface area contributed by atoms with Gasteiger partial charge in [0.15, 0.2) is 5.69 Å². The minimum absolute atomic E-state index is 0.254. The molecule has 26 heavy (non-hydrogen) atoms. The fraction of sp³-hybridized carbons (Fsp3) is 0.190. The minimum atomic E-state index is -0.254. The van der Waals surface area contributed by atoms with Gasteiger partial charge < -0.3 is 10.6 Å². The number of benzene rings is 2. The van der Waals surface area contributed by atoms with E-state index < -0.39 is 0 Å². The highest BCUT2D eigenvalue weighted by molar-refractivity contribution is 6.03. The topological polar surface area (TPSA) is 66.9 Å². The van der Waals surface area contributed by atoms with Crippen molar-refractivity contribution in [1.82, 2.24) is 10.2 Å². The van der Waals surface area contributed by atoms with Crippen molar-refractivity contribution < 1.29 is 4.79 Å². The number of amides is 1. The number of hydrogen-bond donors (Lipinski definition) is 2. The van der Waals surface area contributed by atoms with E-state index in [1.54, 1.807) is 12.1 Å². The molecule has 2 N–H and O–H groups in total. The zero-order valence-corrected chi connectivity index (χ0v) is 15.0. The predicted molar refractivity (Wildman–Crippen MR) is 104 cm³/mol. The zero-order valence-electron chi connectivity index (χ0n) is 15.0. The summed E-state index contributed by atoms with van der Waals surface area (Å²) in [7, 11) is 0. The molecule has 1 amide bonds. The summed E-state index contributed by atoms with van der Waals surface area (Å²) in [5.74, 6) is 0.381. The number of aromatic nitrogens is 2. The van der Waals surface area contributed by atoms with Gasteiger partial charge in [-0.2, -0.15) is 0 Å². The summed E-state index contributed by atoms with van der Waals surface area (Å²) in [5, 5.41) is 14.3. The van der Waals surface area contributed by atoms with E-state index in [1.165, 1.54) is 0 Å². The molecule has 0 aliphatic heterocycles. The molecule has 2 aromatic carbocycles. The van der Waals surface area contributed by atoms with Crippen molar-refractivity contribution in [2.24, 2.45) is 0 Å². The van der Waals surface area contributed by atoms with E-state index in [1.807, 2.05) is 55.5 Å². The molecule has 0 aliphatic carbocycles. The Morgan fingerprint density at radius 3 is 2.46 bits per heavy atom. The van der Waals surface area contributed by atoms with Crippen LogP contribution in [0.4, 0.5) is 11.5 Å². The third-order valence-corrected chi connectivity index (χ3v) is 4.19. The molecule has 5 heteroatoms. The van der Waals surface area contributed by atoms with Crippen LogP contribution in [0.2, 0.25) is 0 Å². The van der Waals surface area contributed by atoms with Crippen LogP contribution < -0.4 is 10.6 Å². The molecule has 0 fully saturated rings. The van der Waals surface area contributed by atoms with Gasteiger partial charge >= 0.3 is 0 Å². The Kier molecular flexibility index (Phi) is 5.59. The van der Waals surface area contributed by atoms with Gasteiger partial charge in [-0.1, -0.05) is 55.5 Å². The lowest BCUT2D eigenvalue weighted by Gasteiger charge is -2.12. The lowest BCUT2D eigenvalue weighted by atomic mass is 10.1. The van der Waals surface area contributed by atoms with Crippen LogP contribution in [-0.2, 0) is 13.0 Å². The van der Waals surface area contributed by atoms with Crippen LogP contribution in [0.15, 0.2) is 60.7 Å². The molecule has 5 nitrogen and oxygen atoms in total. The largest absolute Gasteiger partial charge is 0.365 e. The summed E-state index contributed by atoms with van der Waals surface area (Å²) in [5.41, 5.74) is 4.44. The molecule has 3 aromatic rings. The van der Waals surface area contributed by atoms with Gasteiger partial charge in [-0.15, -0.1) is 10.2 Å².